The van der Waals surface area contributed by atoms with Crippen LogP contribution in [0, 0.1) is 0 Å². The predicted octanol–water partition coefficient (Wildman–Crippen LogP) is 3.39. The maximum atomic E-state index is 12.4. The first-order chi connectivity index (χ1) is 15.2. The zero-order valence-electron chi connectivity index (χ0n) is 17.6. The van der Waals surface area contributed by atoms with Gasteiger partial charge in [-0.2, -0.15) is 0 Å². The van der Waals surface area contributed by atoms with Crippen LogP contribution < -0.4 is 14.9 Å². The minimum atomic E-state index is -3.68. The highest BCUT2D eigenvalue weighted by atomic mass is 32.2. The van der Waals surface area contributed by atoms with E-state index in [0.29, 0.717) is 17.0 Å². The van der Waals surface area contributed by atoms with Crippen LogP contribution in [0.15, 0.2) is 82.3 Å². The fourth-order valence-electron chi connectivity index (χ4n) is 2.73. The van der Waals surface area contributed by atoms with E-state index in [1.165, 1.54) is 36.3 Å². The zero-order valence-corrected chi connectivity index (χ0v) is 18.4. The molecule has 0 radical (unpaired) electrons. The molecule has 0 unspecified atom stereocenters. The van der Waals surface area contributed by atoms with Gasteiger partial charge in [0.15, 0.2) is 0 Å². The van der Waals surface area contributed by atoms with Gasteiger partial charge in [-0.3, -0.25) is 9.59 Å². The monoisotopic (exact) mass is 453 g/mol. The first kappa shape index (κ1) is 23.0. The molecule has 2 aromatic carbocycles. The average molecular weight is 454 g/mol. The fourth-order valence-corrected chi connectivity index (χ4v) is 3.72. The predicted molar refractivity (Wildman–Crippen MR) is 122 cm³/mol. The van der Waals surface area contributed by atoms with E-state index in [1.54, 1.807) is 61.7 Å². The first-order valence-electron chi connectivity index (χ1n) is 9.70. The van der Waals surface area contributed by atoms with Crippen molar-refractivity contribution in [3.63, 3.8) is 0 Å². The topological polar surface area (TPSA) is 109 Å². The Labute approximate surface area is 186 Å². The Morgan fingerprint density at radius 1 is 1.03 bits per heavy atom. The highest BCUT2D eigenvalue weighted by Gasteiger charge is 2.14. The Morgan fingerprint density at radius 2 is 1.72 bits per heavy atom. The molecule has 0 aliphatic heterocycles. The summed E-state index contributed by atoms with van der Waals surface area (Å²) < 4.78 is 32.3. The molecule has 0 aliphatic rings. The number of amides is 2. The van der Waals surface area contributed by atoms with Crippen molar-refractivity contribution in [2.24, 2.45) is 0 Å². The standard InChI is InChI=1S/C23H23N3O5S/c1-17(27)26(2)20-10-8-19(9-11-20)25-23(28)14-7-18-5-12-22(13-6-18)32(29,30)24-16-21-4-3-15-31-21/h3-15,24H,16H2,1-2H3,(H,25,28)/b14-7+. The molecule has 2 amide bonds. The summed E-state index contributed by atoms with van der Waals surface area (Å²) in [5, 5.41) is 2.73. The summed E-state index contributed by atoms with van der Waals surface area (Å²) >= 11 is 0. The lowest BCUT2D eigenvalue weighted by atomic mass is 10.2. The van der Waals surface area contributed by atoms with Crippen LogP contribution in [0.2, 0.25) is 0 Å². The number of nitrogens with one attached hydrogen (secondary N) is 2. The van der Waals surface area contributed by atoms with Gasteiger partial charge >= 0.3 is 0 Å². The Morgan fingerprint density at radius 3 is 2.31 bits per heavy atom. The number of carbonyl (C=O) groups is 2. The third kappa shape index (κ3) is 6.16. The van der Waals surface area contributed by atoms with E-state index < -0.39 is 10.0 Å². The van der Waals surface area contributed by atoms with Crippen LogP contribution in [0.4, 0.5) is 11.4 Å². The molecule has 0 bridgehead atoms. The minimum absolute atomic E-state index is 0.0587. The number of benzene rings is 2. The molecular formula is C23H23N3O5S. The summed E-state index contributed by atoms with van der Waals surface area (Å²) in [6.45, 7) is 1.53. The van der Waals surface area contributed by atoms with Gasteiger partial charge in [0.2, 0.25) is 21.8 Å². The third-order valence-electron chi connectivity index (χ3n) is 4.63. The van der Waals surface area contributed by atoms with Crippen molar-refractivity contribution < 1.29 is 22.4 Å². The Bertz CT molecular complexity index is 1200. The summed E-state index contributed by atoms with van der Waals surface area (Å²) in [7, 11) is -2.01. The van der Waals surface area contributed by atoms with E-state index in [2.05, 4.69) is 10.0 Å². The molecule has 0 saturated heterocycles. The molecule has 0 aliphatic carbocycles. The van der Waals surface area contributed by atoms with Gasteiger partial charge in [-0.15, -0.1) is 0 Å². The van der Waals surface area contributed by atoms with Crippen LogP contribution in [-0.2, 0) is 26.2 Å². The summed E-state index contributed by atoms with van der Waals surface area (Å²) in [6, 6.07) is 16.4. The molecule has 0 saturated carbocycles. The molecule has 9 heteroatoms. The van der Waals surface area contributed by atoms with Crippen molar-refractivity contribution in [1.29, 1.82) is 0 Å². The second-order valence-corrected chi connectivity index (χ2v) is 8.69. The largest absolute Gasteiger partial charge is 0.468 e. The number of anilines is 2. The van der Waals surface area contributed by atoms with Gasteiger partial charge in [-0.05, 0) is 60.2 Å². The Balaban J connectivity index is 1.57. The Hall–Kier alpha value is -3.69. The van der Waals surface area contributed by atoms with E-state index in [9.17, 15) is 18.0 Å². The lowest BCUT2D eigenvalue weighted by molar-refractivity contribution is -0.116. The summed E-state index contributed by atoms with van der Waals surface area (Å²) in [5.41, 5.74) is 1.98. The number of hydrogen-bond acceptors (Lipinski definition) is 5. The van der Waals surface area contributed by atoms with E-state index in [0.717, 1.165) is 5.69 Å². The molecule has 0 fully saturated rings. The molecule has 1 aromatic heterocycles. The van der Waals surface area contributed by atoms with Gasteiger partial charge in [-0.25, -0.2) is 13.1 Å². The molecule has 2 N–H and O–H groups in total. The van der Waals surface area contributed by atoms with Gasteiger partial charge < -0.3 is 14.6 Å². The quantitative estimate of drug-likeness (QED) is 0.508. The van der Waals surface area contributed by atoms with Crippen molar-refractivity contribution in [3.8, 4) is 0 Å². The number of nitrogens with zero attached hydrogens (tertiary/aromatic N) is 1. The van der Waals surface area contributed by atoms with Crippen LogP contribution in [0.1, 0.15) is 18.2 Å². The van der Waals surface area contributed by atoms with Gasteiger partial charge in [0.1, 0.15) is 5.76 Å². The van der Waals surface area contributed by atoms with Crippen LogP contribution in [-0.4, -0.2) is 27.3 Å². The van der Waals surface area contributed by atoms with Gasteiger partial charge in [0.05, 0.1) is 17.7 Å². The van der Waals surface area contributed by atoms with Crippen molar-refractivity contribution in [2.45, 2.75) is 18.4 Å². The van der Waals surface area contributed by atoms with Crippen LogP contribution >= 0.6 is 0 Å². The van der Waals surface area contributed by atoms with E-state index in [4.69, 9.17) is 4.42 Å². The SMILES string of the molecule is CC(=O)N(C)c1ccc(NC(=O)/C=C/c2ccc(S(=O)(=O)NCc3ccco3)cc2)cc1. The minimum Gasteiger partial charge on any atom is -0.468 e. The van der Waals surface area contributed by atoms with Crippen LogP contribution in [0.5, 0.6) is 0 Å². The first-order valence-corrected chi connectivity index (χ1v) is 11.2. The molecule has 8 nitrogen and oxygen atoms in total. The number of carbonyl (C=O) groups excluding carboxylic acids is 2. The summed E-state index contributed by atoms with van der Waals surface area (Å²) in [4.78, 5) is 25.2. The number of sulfonamides is 1. The fraction of sp³-hybridized carbons (Fsp3) is 0.130. The molecule has 0 atom stereocenters. The second-order valence-electron chi connectivity index (χ2n) is 6.92. The van der Waals surface area contributed by atoms with E-state index >= 15 is 0 Å². The van der Waals surface area contributed by atoms with Gasteiger partial charge in [0.25, 0.3) is 0 Å². The van der Waals surface area contributed by atoms with Crippen molar-refractivity contribution in [3.05, 3.63) is 84.3 Å². The third-order valence-corrected chi connectivity index (χ3v) is 6.05. The van der Waals surface area contributed by atoms with Gasteiger partial charge in [0, 0.05) is 31.4 Å². The Kier molecular flexibility index (Phi) is 7.24. The maximum absolute atomic E-state index is 12.4. The number of furan rings is 1. The molecule has 166 valence electrons. The second kappa shape index (κ2) is 10.1. The van der Waals surface area contributed by atoms with Crippen molar-refractivity contribution in [1.82, 2.24) is 4.72 Å². The summed E-state index contributed by atoms with van der Waals surface area (Å²) in [6.07, 6.45) is 4.41. The zero-order chi connectivity index (χ0) is 23.1. The maximum Gasteiger partial charge on any atom is 0.248 e. The summed E-state index contributed by atoms with van der Waals surface area (Å²) in [5.74, 6) is 0.0889. The highest BCUT2D eigenvalue weighted by Crippen LogP contribution is 2.17. The van der Waals surface area contributed by atoms with E-state index in [1.807, 2.05) is 0 Å². The van der Waals surface area contributed by atoms with Crippen molar-refractivity contribution in [2.75, 3.05) is 17.3 Å². The van der Waals surface area contributed by atoms with Crippen LogP contribution in [0.25, 0.3) is 6.08 Å². The molecule has 3 rings (SSSR count). The van der Waals surface area contributed by atoms with Gasteiger partial charge in [-0.1, -0.05) is 12.1 Å². The van der Waals surface area contributed by atoms with Crippen molar-refractivity contribution >= 4 is 39.3 Å². The normalized spacial score (nSPS) is 11.4. The van der Waals surface area contributed by atoms with E-state index in [-0.39, 0.29) is 23.3 Å². The number of rotatable bonds is 8. The lowest BCUT2D eigenvalue weighted by Crippen LogP contribution is -2.22. The highest BCUT2D eigenvalue weighted by molar-refractivity contribution is 7.89. The molecule has 3 aromatic rings. The number of hydrogen-bond donors (Lipinski definition) is 2. The smallest absolute Gasteiger partial charge is 0.248 e. The molecular weight excluding hydrogens is 430 g/mol. The van der Waals surface area contributed by atoms with Crippen LogP contribution in [0.3, 0.4) is 0 Å². The molecule has 1 heterocycles. The average Bonchev–Trinajstić information content (AvgIpc) is 3.30. The molecule has 0 spiro atoms. The lowest BCUT2D eigenvalue weighted by Gasteiger charge is -2.15. The molecule has 32 heavy (non-hydrogen) atoms.